The number of hydrogen-bond acceptors (Lipinski definition) is 7. The van der Waals surface area contributed by atoms with Gasteiger partial charge in [0.15, 0.2) is 5.82 Å². The number of halogens is 2. The maximum absolute atomic E-state index is 14.0. The predicted octanol–water partition coefficient (Wildman–Crippen LogP) is 1.36. The highest BCUT2D eigenvalue weighted by atomic mass is 35.5. The van der Waals surface area contributed by atoms with Gasteiger partial charge >= 0.3 is 5.76 Å². The summed E-state index contributed by atoms with van der Waals surface area (Å²) in [7, 11) is 0. The predicted molar refractivity (Wildman–Crippen MR) is 101 cm³/mol. The molecule has 1 aliphatic rings. The van der Waals surface area contributed by atoms with Gasteiger partial charge in [-0.3, -0.25) is 14.3 Å². The average Bonchev–Trinajstić information content (AvgIpc) is 3.00. The van der Waals surface area contributed by atoms with Gasteiger partial charge in [0, 0.05) is 25.2 Å². The second-order valence-electron chi connectivity index (χ2n) is 6.60. The molecular weight excluding hydrogens is 405 g/mol. The van der Waals surface area contributed by atoms with Crippen LogP contribution in [0.3, 0.4) is 0 Å². The second kappa shape index (κ2) is 8.27. The van der Waals surface area contributed by atoms with Crippen molar-refractivity contribution >= 4 is 11.6 Å². The van der Waals surface area contributed by atoms with Gasteiger partial charge in [-0.25, -0.2) is 13.9 Å². The summed E-state index contributed by atoms with van der Waals surface area (Å²) in [4.78, 5) is 26.4. The number of hydrogen-bond donors (Lipinski definition) is 2. The molecule has 2 N–H and O–H groups in total. The van der Waals surface area contributed by atoms with E-state index in [0.717, 1.165) is 0 Å². The fourth-order valence-corrected chi connectivity index (χ4v) is 3.45. The lowest BCUT2D eigenvalue weighted by atomic mass is 9.95. The molecule has 152 valence electrons. The number of ether oxygens (including phenoxy) is 1. The van der Waals surface area contributed by atoms with Gasteiger partial charge in [0.05, 0.1) is 29.8 Å². The average molecular weight is 422 g/mol. The zero-order chi connectivity index (χ0) is 20.4. The van der Waals surface area contributed by atoms with E-state index in [1.807, 2.05) is 0 Å². The normalized spacial score (nSPS) is 19.8. The Kier molecular flexibility index (Phi) is 5.56. The van der Waals surface area contributed by atoms with Crippen molar-refractivity contribution in [3.63, 3.8) is 0 Å². The Hall–Kier alpha value is -2.82. The van der Waals surface area contributed by atoms with E-state index >= 15 is 0 Å². The molecule has 0 spiro atoms. The summed E-state index contributed by atoms with van der Waals surface area (Å²) in [6.45, 7) is 1.81. The van der Waals surface area contributed by atoms with Crippen molar-refractivity contribution in [2.24, 2.45) is 5.92 Å². The molecule has 2 aromatic heterocycles. The van der Waals surface area contributed by atoms with Crippen LogP contribution in [0, 0.1) is 11.7 Å². The van der Waals surface area contributed by atoms with Gasteiger partial charge in [-0.1, -0.05) is 22.8 Å². The Bertz CT molecular complexity index is 1130. The molecule has 0 saturated carbocycles. The minimum atomic E-state index is -0.756. The van der Waals surface area contributed by atoms with Crippen molar-refractivity contribution in [3.05, 3.63) is 67.8 Å². The third-order valence-electron chi connectivity index (χ3n) is 4.70. The first-order chi connectivity index (χ1) is 14.0. The largest absolute Gasteiger partial charge is 0.439 e. The Labute approximate surface area is 168 Å². The molecule has 11 heteroatoms. The van der Waals surface area contributed by atoms with Crippen LogP contribution in [0.1, 0.15) is 11.7 Å². The van der Waals surface area contributed by atoms with Gasteiger partial charge in [0.2, 0.25) is 0 Å². The topological polar surface area (TPSA) is 115 Å². The molecule has 1 saturated heterocycles. The van der Waals surface area contributed by atoms with E-state index in [1.54, 1.807) is 6.07 Å². The zero-order valence-corrected chi connectivity index (χ0v) is 15.9. The molecule has 9 nitrogen and oxygen atoms in total. The van der Waals surface area contributed by atoms with E-state index in [2.05, 4.69) is 25.1 Å². The Morgan fingerprint density at radius 1 is 1.31 bits per heavy atom. The number of rotatable bonds is 4. The Balaban J connectivity index is 1.66. The van der Waals surface area contributed by atoms with Gasteiger partial charge in [0.25, 0.3) is 5.56 Å². The van der Waals surface area contributed by atoms with E-state index < -0.39 is 23.2 Å². The summed E-state index contributed by atoms with van der Waals surface area (Å²) >= 11 is 5.79. The molecule has 29 heavy (non-hydrogen) atoms. The van der Waals surface area contributed by atoms with Crippen LogP contribution >= 0.6 is 11.6 Å². The van der Waals surface area contributed by atoms with Crippen LogP contribution in [0.5, 0.6) is 0 Å². The molecule has 1 aromatic carbocycles. The third kappa shape index (κ3) is 4.14. The molecule has 3 aromatic rings. The highest BCUT2D eigenvalue weighted by Crippen LogP contribution is 2.30. The summed E-state index contributed by atoms with van der Waals surface area (Å²) < 4.78 is 25.7. The molecule has 0 radical (unpaired) electrons. The molecule has 0 bridgehead atoms. The highest BCUT2D eigenvalue weighted by Gasteiger charge is 2.28. The SMILES string of the molecule is O=c1[nH]c(-c2ccnn(C[C@@H]3CNCCO[C@H]3c3ccc(Cl)c(F)c3)c2=O)no1. The molecule has 3 heterocycles. The monoisotopic (exact) mass is 421 g/mol. The second-order valence-corrected chi connectivity index (χ2v) is 7.01. The van der Waals surface area contributed by atoms with Gasteiger partial charge < -0.3 is 10.1 Å². The maximum Gasteiger partial charge on any atom is 0.439 e. The Morgan fingerprint density at radius 2 is 2.17 bits per heavy atom. The smallest absolute Gasteiger partial charge is 0.372 e. The van der Waals surface area contributed by atoms with E-state index in [1.165, 1.54) is 29.1 Å². The summed E-state index contributed by atoms with van der Waals surface area (Å²) in [6, 6.07) is 5.98. The lowest BCUT2D eigenvalue weighted by molar-refractivity contribution is 0.0236. The van der Waals surface area contributed by atoms with Crippen LogP contribution in [0.2, 0.25) is 5.02 Å². The van der Waals surface area contributed by atoms with E-state index in [0.29, 0.717) is 25.3 Å². The first kappa shape index (κ1) is 19.5. The number of nitrogens with zero attached hydrogens (tertiary/aromatic N) is 3. The maximum atomic E-state index is 14.0. The fraction of sp³-hybridized carbons (Fsp3) is 0.333. The van der Waals surface area contributed by atoms with Gasteiger partial charge in [-0.05, 0) is 23.8 Å². The van der Waals surface area contributed by atoms with Crippen molar-refractivity contribution in [1.29, 1.82) is 0 Å². The molecule has 0 amide bonds. The molecule has 4 rings (SSSR count). The summed E-state index contributed by atoms with van der Waals surface area (Å²) in [5.74, 6) is -1.47. The summed E-state index contributed by atoms with van der Waals surface area (Å²) in [5, 5.41) is 11.0. The number of benzene rings is 1. The van der Waals surface area contributed by atoms with Gasteiger partial charge in [0.1, 0.15) is 5.82 Å². The van der Waals surface area contributed by atoms with Crippen molar-refractivity contribution < 1.29 is 13.7 Å². The van der Waals surface area contributed by atoms with Gasteiger partial charge in [-0.2, -0.15) is 5.10 Å². The highest BCUT2D eigenvalue weighted by molar-refractivity contribution is 6.30. The number of nitrogens with one attached hydrogen (secondary N) is 2. The van der Waals surface area contributed by atoms with Gasteiger partial charge in [-0.15, -0.1) is 0 Å². The molecule has 1 aliphatic heterocycles. The van der Waals surface area contributed by atoms with Crippen LogP contribution in [0.25, 0.3) is 11.4 Å². The van der Waals surface area contributed by atoms with Crippen LogP contribution < -0.4 is 16.6 Å². The first-order valence-corrected chi connectivity index (χ1v) is 9.30. The summed E-state index contributed by atoms with van der Waals surface area (Å²) in [5.41, 5.74) is 0.343. The van der Waals surface area contributed by atoms with Crippen LogP contribution in [0.4, 0.5) is 4.39 Å². The van der Waals surface area contributed by atoms with E-state index in [4.69, 9.17) is 16.3 Å². The lowest BCUT2D eigenvalue weighted by Gasteiger charge is -2.25. The van der Waals surface area contributed by atoms with Crippen LogP contribution in [0.15, 0.2) is 44.6 Å². The molecule has 1 fully saturated rings. The minimum Gasteiger partial charge on any atom is -0.372 e. The number of H-pyrrole nitrogens is 1. The number of aromatic nitrogens is 4. The minimum absolute atomic E-state index is 0.0303. The van der Waals surface area contributed by atoms with Crippen molar-refractivity contribution in [1.82, 2.24) is 25.2 Å². The van der Waals surface area contributed by atoms with Crippen LogP contribution in [-0.4, -0.2) is 39.6 Å². The fourth-order valence-electron chi connectivity index (χ4n) is 3.34. The molecule has 0 unspecified atom stereocenters. The summed E-state index contributed by atoms with van der Waals surface area (Å²) in [6.07, 6.45) is 0.979. The molecular formula is C18H17ClFN5O4. The zero-order valence-electron chi connectivity index (χ0n) is 15.1. The standard InChI is InChI=1S/C18H17ClFN5O4/c19-13-2-1-10(7-14(13)20)15-11(8-21-5-6-28-15)9-25-17(26)12(3-4-22-25)16-23-18(27)29-24-16/h1-4,7,11,15,21H,5-6,8-9H2,(H,23,24,27)/t11-,15-/m0/s1. The Morgan fingerprint density at radius 3 is 2.93 bits per heavy atom. The quantitative estimate of drug-likeness (QED) is 0.653. The van der Waals surface area contributed by atoms with E-state index in [-0.39, 0.29) is 28.9 Å². The van der Waals surface area contributed by atoms with E-state index in [9.17, 15) is 14.0 Å². The van der Waals surface area contributed by atoms with Crippen molar-refractivity contribution in [3.8, 4) is 11.4 Å². The molecule has 0 aliphatic carbocycles. The number of aromatic amines is 1. The van der Waals surface area contributed by atoms with Crippen molar-refractivity contribution in [2.75, 3.05) is 19.7 Å². The first-order valence-electron chi connectivity index (χ1n) is 8.92. The molecule has 2 atom stereocenters. The lowest BCUT2D eigenvalue weighted by Crippen LogP contribution is -2.34. The third-order valence-corrected chi connectivity index (χ3v) is 5.00. The van der Waals surface area contributed by atoms with Crippen molar-refractivity contribution in [2.45, 2.75) is 12.6 Å². The van der Waals surface area contributed by atoms with Crippen LogP contribution in [-0.2, 0) is 11.3 Å².